The van der Waals surface area contributed by atoms with Crippen molar-refractivity contribution in [2.45, 2.75) is 44.0 Å². The van der Waals surface area contributed by atoms with Crippen LogP contribution in [0.2, 0.25) is 0 Å². The van der Waals surface area contributed by atoms with Gasteiger partial charge in [0.25, 0.3) is 0 Å². The molecule has 0 aliphatic rings. The van der Waals surface area contributed by atoms with E-state index in [1.54, 1.807) is 48.5 Å². The second-order valence-corrected chi connectivity index (χ2v) is 10.5. The van der Waals surface area contributed by atoms with Crippen molar-refractivity contribution in [1.29, 1.82) is 0 Å². The molecule has 4 aromatic carbocycles. The summed E-state index contributed by atoms with van der Waals surface area (Å²) in [5.41, 5.74) is 2.87. The minimum absolute atomic E-state index is 0.00297. The molecule has 4 aromatic rings. The van der Waals surface area contributed by atoms with Crippen LogP contribution in [0.5, 0.6) is 5.75 Å². The number of rotatable bonds is 14. The molecular weight excluding hydrogens is 574 g/mol. The molecule has 0 aromatic heterocycles. The number of phenols is 1. The molecule has 0 radical (unpaired) electrons. The molecule has 10 heteroatoms. The van der Waals surface area contributed by atoms with Crippen LogP contribution in [0, 0.1) is 0 Å². The molecule has 0 saturated carbocycles. The van der Waals surface area contributed by atoms with Crippen LogP contribution < -0.4 is 16.0 Å². The Bertz CT molecular complexity index is 1550. The molecule has 10 nitrogen and oxygen atoms in total. The van der Waals surface area contributed by atoms with E-state index < -0.39 is 42.0 Å². The molecule has 0 aliphatic carbocycles. The second kappa shape index (κ2) is 16.3. The van der Waals surface area contributed by atoms with Gasteiger partial charge in [0.05, 0.1) is 0 Å². The van der Waals surface area contributed by atoms with Gasteiger partial charge >= 0.3 is 12.1 Å². The Kier molecular flexibility index (Phi) is 11.7. The number of ether oxygens (including phenoxy) is 1. The molecule has 0 bridgehead atoms. The summed E-state index contributed by atoms with van der Waals surface area (Å²) in [6, 6.07) is 29.6. The number of carbonyl (C=O) groups is 4. The highest BCUT2D eigenvalue weighted by atomic mass is 16.5. The van der Waals surface area contributed by atoms with E-state index in [4.69, 9.17) is 4.74 Å². The third kappa shape index (κ3) is 10.5. The SMILES string of the molecule is O=C(N[C@H](Cc1ccccc1)C(=O)N[C@@H](Cc1ccccc1)C(=O)N[C@H](Cc1ccc(O)cc1)C(=O)O)OCc1ccccc1. The number of carbonyl (C=O) groups excluding carboxylic acids is 3. The fraction of sp³-hybridized carbons (Fsp3) is 0.200. The lowest BCUT2D eigenvalue weighted by molar-refractivity contribution is -0.142. The van der Waals surface area contributed by atoms with Crippen molar-refractivity contribution < 1.29 is 34.1 Å². The molecule has 45 heavy (non-hydrogen) atoms. The van der Waals surface area contributed by atoms with Crippen LogP contribution in [0.15, 0.2) is 115 Å². The van der Waals surface area contributed by atoms with Crippen LogP contribution >= 0.6 is 0 Å². The van der Waals surface area contributed by atoms with Crippen molar-refractivity contribution in [3.05, 3.63) is 138 Å². The van der Waals surface area contributed by atoms with Gasteiger partial charge in [0.15, 0.2) is 0 Å². The molecule has 0 saturated heterocycles. The van der Waals surface area contributed by atoms with E-state index in [1.165, 1.54) is 12.1 Å². The van der Waals surface area contributed by atoms with Gasteiger partial charge in [-0.3, -0.25) is 9.59 Å². The Labute approximate surface area is 261 Å². The van der Waals surface area contributed by atoms with E-state index in [2.05, 4.69) is 16.0 Å². The highest BCUT2D eigenvalue weighted by Crippen LogP contribution is 2.13. The lowest BCUT2D eigenvalue weighted by atomic mass is 10.0. The maximum atomic E-state index is 13.7. The molecule has 3 atom stereocenters. The summed E-state index contributed by atoms with van der Waals surface area (Å²) in [5, 5.41) is 27.3. The highest BCUT2D eigenvalue weighted by molar-refractivity contribution is 5.93. The lowest BCUT2D eigenvalue weighted by Crippen LogP contribution is -2.57. The fourth-order valence-electron chi connectivity index (χ4n) is 4.64. The number of amides is 3. The maximum Gasteiger partial charge on any atom is 0.408 e. The topological polar surface area (TPSA) is 154 Å². The number of nitrogens with one attached hydrogen (secondary N) is 3. The molecule has 3 amide bonds. The minimum Gasteiger partial charge on any atom is -0.508 e. The van der Waals surface area contributed by atoms with E-state index in [-0.39, 0.29) is 31.6 Å². The zero-order valence-electron chi connectivity index (χ0n) is 24.5. The molecule has 5 N–H and O–H groups in total. The fourth-order valence-corrected chi connectivity index (χ4v) is 4.64. The number of alkyl carbamates (subject to hydrolysis) is 1. The van der Waals surface area contributed by atoms with Gasteiger partial charge in [-0.1, -0.05) is 103 Å². The zero-order chi connectivity index (χ0) is 32.0. The summed E-state index contributed by atoms with van der Waals surface area (Å²) in [6.07, 6.45) is -0.663. The Hall–Kier alpha value is -5.64. The van der Waals surface area contributed by atoms with Gasteiger partial charge in [-0.2, -0.15) is 0 Å². The van der Waals surface area contributed by atoms with Crippen LogP contribution in [0.25, 0.3) is 0 Å². The van der Waals surface area contributed by atoms with Gasteiger partial charge in [0.2, 0.25) is 11.8 Å². The Balaban J connectivity index is 1.51. The van der Waals surface area contributed by atoms with Gasteiger partial charge in [0.1, 0.15) is 30.5 Å². The number of phenolic OH excluding ortho intramolecular Hbond substituents is 1. The first kappa shape index (κ1) is 32.3. The van der Waals surface area contributed by atoms with Crippen LogP contribution in [0.3, 0.4) is 0 Å². The Morgan fingerprint density at radius 3 is 1.42 bits per heavy atom. The zero-order valence-corrected chi connectivity index (χ0v) is 24.5. The van der Waals surface area contributed by atoms with Gasteiger partial charge in [-0.15, -0.1) is 0 Å². The van der Waals surface area contributed by atoms with Crippen molar-refractivity contribution in [3.63, 3.8) is 0 Å². The molecule has 4 rings (SSSR count). The third-order valence-electron chi connectivity index (χ3n) is 7.01. The van der Waals surface area contributed by atoms with Gasteiger partial charge in [-0.05, 0) is 34.4 Å². The monoisotopic (exact) mass is 609 g/mol. The third-order valence-corrected chi connectivity index (χ3v) is 7.01. The number of aliphatic carboxylic acids is 1. The quantitative estimate of drug-likeness (QED) is 0.146. The Morgan fingerprint density at radius 1 is 0.533 bits per heavy atom. The van der Waals surface area contributed by atoms with Crippen molar-refractivity contribution >= 4 is 23.9 Å². The smallest absolute Gasteiger partial charge is 0.408 e. The maximum absolute atomic E-state index is 13.7. The standard InChI is InChI=1S/C35H35N3O7/c39-28-18-16-26(17-19-28)22-31(34(42)43)37-32(40)29(20-24-10-4-1-5-11-24)36-33(41)30(21-25-12-6-2-7-13-25)38-35(44)45-23-27-14-8-3-9-15-27/h1-19,29-31,39H,20-23H2,(H,36,41)(H,37,40)(H,38,44)(H,42,43)/t29-,30+,31+/m0/s1. The van der Waals surface area contributed by atoms with Gasteiger partial charge in [-0.25, -0.2) is 9.59 Å². The number of benzene rings is 4. The largest absolute Gasteiger partial charge is 0.508 e. The summed E-state index contributed by atoms with van der Waals surface area (Å²) in [5.74, 6) is -2.57. The molecule has 0 unspecified atom stereocenters. The number of aromatic hydroxyl groups is 1. The molecule has 0 spiro atoms. The molecule has 232 valence electrons. The lowest BCUT2D eigenvalue weighted by Gasteiger charge is -2.25. The van der Waals surface area contributed by atoms with E-state index in [1.807, 2.05) is 54.6 Å². The normalized spacial score (nSPS) is 12.6. The van der Waals surface area contributed by atoms with Crippen molar-refractivity contribution in [2.24, 2.45) is 0 Å². The van der Waals surface area contributed by atoms with Crippen LogP contribution in [0.4, 0.5) is 4.79 Å². The van der Waals surface area contributed by atoms with E-state index in [0.717, 1.165) is 16.7 Å². The average molecular weight is 610 g/mol. The summed E-state index contributed by atoms with van der Waals surface area (Å²) in [6.45, 7) is 0.00297. The first-order valence-corrected chi connectivity index (χ1v) is 14.4. The molecular formula is C35H35N3O7. The number of carboxylic acids is 1. The number of hydrogen-bond acceptors (Lipinski definition) is 6. The number of carboxylic acid groups (broad SMARTS) is 1. The Morgan fingerprint density at radius 2 is 0.933 bits per heavy atom. The second-order valence-electron chi connectivity index (χ2n) is 10.5. The predicted molar refractivity (Wildman–Crippen MR) is 167 cm³/mol. The van der Waals surface area contributed by atoms with Gasteiger partial charge in [0, 0.05) is 19.3 Å². The summed E-state index contributed by atoms with van der Waals surface area (Å²) < 4.78 is 5.35. The van der Waals surface area contributed by atoms with Gasteiger partial charge < -0.3 is 30.9 Å². The first-order chi connectivity index (χ1) is 21.8. The summed E-state index contributed by atoms with van der Waals surface area (Å²) in [7, 11) is 0. The predicted octanol–water partition coefficient (Wildman–Crippen LogP) is 3.77. The first-order valence-electron chi connectivity index (χ1n) is 14.4. The molecule has 0 heterocycles. The van der Waals surface area contributed by atoms with Crippen LogP contribution in [0.1, 0.15) is 22.3 Å². The van der Waals surface area contributed by atoms with Crippen LogP contribution in [-0.2, 0) is 45.0 Å². The summed E-state index contributed by atoms with van der Waals surface area (Å²) in [4.78, 5) is 52.1. The van der Waals surface area contributed by atoms with Crippen molar-refractivity contribution in [2.75, 3.05) is 0 Å². The minimum atomic E-state index is -1.30. The van der Waals surface area contributed by atoms with E-state index in [0.29, 0.717) is 5.56 Å². The number of hydrogen-bond donors (Lipinski definition) is 5. The van der Waals surface area contributed by atoms with E-state index in [9.17, 15) is 29.4 Å². The molecule has 0 aliphatic heterocycles. The average Bonchev–Trinajstić information content (AvgIpc) is 3.05. The van der Waals surface area contributed by atoms with E-state index >= 15 is 0 Å². The highest BCUT2D eigenvalue weighted by Gasteiger charge is 2.30. The van der Waals surface area contributed by atoms with Crippen molar-refractivity contribution in [1.82, 2.24) is 16.0 Å². The van der Waals surface area contributed by atoms with Crippen LogP contribution in [-0.4, -0.2) is 52.2 Å². The summed E-state index contributed by atoms with van der Waals surface area (Å²) >= 11 is 0. The molecule has 0 fully saturated rings. The van der Waals surface area contributed by atoms with Crippen molar-refractivity contribution in [3.8, 4) is 5.75 Å².